The van der Waals surface area contributed by atoms with Crippen molar-refractivity contribution in [3.8, 4) is 33.8 Å². The third-order valence-electron chi connectivity index (χ3n) is 7.76. The van der Waals surface area contributed by atoms with Crippen LogP contribution in [0.15, 0.2) is 54.7 Å². The van der Waals surface area contributed by atoms with Gasteiger partial charge in [-0.3, -0.25) is 4.79 Å². The molecule has 2 heterocycles. The Morgan fingerprint density at radius 1 is 1.08 bits per heavy atom. The number of nitrogens with zero attached hydrogens (tertiary/aromatic N) is 2. The number of aliphatic carboxylic acids is 1. The van der Waals surface area contributed by atoms with Crippen molar-refractivity contribution in [2.45, 2.75) is 52.1 Å². The number of ether oxygens (including phenoxy) is 2. The smallest absolute Gasteiger partial charge is 0.304 e. The Morgan fingerprint density at radius 2 is 1.87 bits per heavy atom. The standard InChI is InChI=1S/C32H29FN2O4/c1-17-10-20(21-12-19(3)35-34-15-21)11-18(2)31(17)25-6-8-27(33)32-26(25)7-9-28(32)39-23-4-5-24-22(13-30(36)37)16-38-29(24)14-23/h4-6,8,10-12,14-15,22,28H,7,9,13,16H2,1-3H3,(H,36,37)/t22-,28-/m1/s1. The molecule has 0 saturated heterocycles. The van der Waals surface area contributed by atoms with E-state index in [0.717, 1.165) is 50.2 Å². The van der Waals surface area contributed by atoms with E-state index in [4.69, 9.17) is 14.6 Å². The van der Waals surface area contributed by atoms with Gasteiger partial charge >= 0.3 is 5.97 Å². The fourth-order valence-electron chi connectivity index (χ4n) is 6.09. The zero-order valence-corrected chi connectivity index (χ0v) is 22.1. The molecule has 3 aromatic carbocycles. The highest BCUT2D eigenvalue weighted by Crippen LogP contribution is 2.45. The number of aryl methyl sites for hydroxylation is 3. The number of rotatable bonds is 6. The molecule has 0 amide bonds. The number of fused-ring (bicyclic) bond motifs is 2. The van der Waals surface area contributed by atoms with E-state index < -0.39 is 12.1 Å². The second-order valence-corrected chi connectivity index (χ2v) is 10.5. The van der Waals surface area contributed by atoms with Gasteiger partial charge < -0.3 is 14.6 Å². The summed E-state index contributed by atoms with van der Waals surface area (Å²) in [6.45, 7) is 6.45. The van der Waals surface area contributed by atoms with Gasteiger partial charge in [-0.25, -0.2) is 4.39 Å². The first kappa shape index (κ1) is 25.0. The van der Waals surface area contributed by atoms with Crippen molar-refractivity contribution in [1.29, 1.82) is 0 Å². The summed E-state index contributed by atoms with van der Waals surface area (Å²) in [6.07, 6.45) is 2.76. The fraction of sp³-hybridized carbons (Fsp3) is 0.281. The van der Waals surface area contributed by atoms with Crippen LogP contribution in [0.5, 0.6) is 11.5 Å². The summed E-state index contributed by atoms with van der Waals surface area (Å²) < 4.78 is 27.3. The maximum Gasteiger partial charge on any atom is 0.304 e. The molecule has 0 spiro atoms. The van der Waals surface area contributed by atoms with Crippen LogP contribution in [0.4, 0.5) is 4.39 Å². The van der Waals surface area contributed by atoms with Crippen molar-refractivity contribution in [3.05, 3.63) is 94.1 Å². The Morgan fingerprint density at radius 3 is 2.62 bits per heavy atom. The van der Waals surface area contributed by atoms with Crippen LogP contribution < -0.4 is 9.47 Å². The number of halogens is 1. The van der Waals surface area contributed by atoms with Crippen LogP contribution in [0.25, 0.3) is 22.3 Å². The molecule has 2 atom stereocenters. The molecule has 1 aliphatic heterocycles. The molecule has 0 fully saturated rings. The van der Waals surface area contributed by atoms with Crippen LogP contribution in [0, 0.1) is 26.6 Å². The van der Waals surface area contributed by atoms with Crippen molar-refractivity contribution in [3.63, 3.8) is 0 Å². The monoisotopic (exact) mass is 524 g/mol. The number of carbonyl (C=O) groups is 1. The molecule has 0 unspecified atom stereocenters. The molecule has 6 nitrogen and oxygen atoms in total. The van der Waals surface area contributed by atoms with E-state index in [1.54, 1.807) is 18.3 Å². The predicted octanol–water partition coefficient (Wildman–Crippen LogP) is 6.89. The topological polar surface area (TPSA) is 81.5 Å². The molecule has 39 heavy (non-hydrogen) atoms. The molecular formula is C32H29FN2O4. The first-order valence-electron chi connectivity index (χ1n) is 13.2. The number of carboxylic acids is 1. The maximum absolute atomic E-state index is 15.3. The maximum atomic E-state index is 15.3. The molecule has 7 heteroatoms. The minimum Gasteiger partial charge on any atom is -0.492 e. The SMILES string of the molecule is Cc1cc(-c2cc(C)c(-c3ccc(F)c4c3CC[C@H]4Oc3ccc4c(c3)OC[C@H]4CC(=O)O)c(C)c2)cnn1. The van der Waals surface area contributed by atoms with E-state index >= 15 is 4.39 Å². The van der Waals surface area contributed by atoms with Gasteiger partial charge in [0.15, 0.2) is 0 Å². The van der Waals surface area contributed by atoms with E-state index in [2.05, 4.69) is 36.2 Å². The van der Waals surface area contributed by atoms with Crippen LogP contribution in [0.2, 0.25) is 0 Å². The summed E-state index contributed by atoms with van der Waals surface area (Å²) in [5.41, 5.74) is 9.81. The van der Waals surface area contributed by atoms with Crippen molar-refractivity contribution in [1.82, 2.24) is 10.2 Å². The highest BCUT2D eigenvalue weighted by molar-refractivity contribution is 5.79. The number of benzene rings is 3. The fourth-order valence-corrected chi connectivity index (χ4v) is 6.09. The van der Waals surface area contributed by atoms with Gasteiger partial charge in [-0.1, -0.05) is 24.3 Å². The van der Waals surface area contributed by atoms with Gasteiger partial charge in [0.1, 0.15) is 23.4 Å². The summed E-state index contributed by atoms with van der Waals surface area (Å²) in [7, 11) is 0. The lowest BCUT2D eigenvalue weighted by Gasteiger charge is -2.19. The Hall–Kier alpha value is -4.26. The molecule has 0 saturated carbocycles. The van der Waals surface area contributed by atoms with Gasteiger partial charge in [0.2, 0.25) is 0 Å². The zero-order chi connectivity index (χ0) is 27.3. The summed E-state index contributed by atoms with van der Waals surface area (Å²) in [6, 6.07) is 15.2. The summed E-state index contributed by atoms with van der Waals surface area (Å²) in [5.74, 6) is -0.0615. The molecule has 0 radical (unpaired) electrons. The van der Waals surface area contributed by atoms with E-state index in [9.17, 15) is 4.79 Å². The first-order chi connectivity index (χ1) is 18.8. The Kier molecular flexibility index (Phi) is 6.29. The quantitative estimate of drug-likeness (QED) is 0.296. The highest BCUT2D eigenvalue weighted by Gasteiger charge is 2.32. The van der Waals surface area contributed by atoms with Crippen LogP contribution in [-0.4, -0.2) is 27.9 Å². The number of aromatic nitrogens is 2. The van der Waals surface area contributed by atoms with Crippen LogP contribution in [-0.2, 0) is 11.2 Å². The average Bonchev–Trinajstić information content (AvgIpc) is 3.49. The molecule has 1 N–H and O–H groups in total. The Labute approximate surface area is 226 Å². The lowest BCUT2D eigenvalue weighted by Crippen LogP contribution is -2.07. The van der Waals surface area contributed by atoms with E-state index in [0.29, 0.717) is 36.5 Å². The third-order valence-corrected chi connectivity index (χ3v) is 7.76. The van der Waals surface area contributed by atoms with Crippen LogP contribution in [0.1, 0.15) is 58.4 Å². The van der Waals surface area contributed by atoms with Crippen LogP contribution in [0.3, 0.4) is 0 Å². The molecule has 1 aromatic heterocycles. The van der Waals surface area contributed by atoms with Crippen molar-refractivity contribution in [2.75, 3.05) is 6.61 Å². The van der Waals surface area contributed by atoms with E-state index in [-0.39, 0.29) is 18.2 Å². The third kappa shape index (κ3) is 4.62. The van der Waals surface area contributed by atoms with Crippen molar-refractivity contribution >= 4 is 5.97 Å². The normalized spacial score (nSPS) is 17.4. The summed E-state index contributed by atoms with van der Waals surface area (Å²) in [5, 5.41) is 17.3. The largest absolute Gasteiger partial charge is 0.492 e. The van der Waals surface area contributed by atoms with Gasteiger partial charge in [0.25, 0.3) is 0 Å². The van der Waals surface area contributed by atoms with E-state index in [1.165, 1.54) is 0 Å². The average molecular weight is 525 g/mol. The lowest BCUT2D eigenvalue weighted by molar-refractivity contribution is -0.137. The number of hydrogen-bond acceptors (Lipinski definition) is 5. The first-order valence-corrected chi connectivity index (χ1v) is 13.2. The number of carboxylic acid groups (broad SMARTS) is 1. The Bertz CT molecular complexity index is 1590. The molecule has 6 rings (SSSR count). The van der Waals surface area contributed by atoms with Gasteiger partial charge in [0.05, 0.1) is 24.9 Å². The molecule has 1 aliphatic carbocycles. The van der Waals surface area contributed by atoms with Gasteiger partial charge in [-0.05, 0) is 85.2 Å². The zero-order valence-electron chi connectivity index (χ0n) is 22.1. The minimum atomic E-state index is -0.852. The van der Waals surface area contributed by atoms with Gasteiger partial charge in [0, 0.05) is 28.7 Å². The van der Waals surface area contributed by atoms with Crippen LogP contribution >= 0.6 is 0 Å². The molecule has 0 bridgehead atoms. The van der Waals surface area contributed by atoms with Gasteiger partial charge in [-0.15, -0.1) is 0 Å². The molecule has 198 valence electrons. The number of hydrogen-bond donors (Lipinski definition) is 1. The van der Waals surface area contributed by atoms with E-state index in [1.807, 2.05) is 31.2 Å². The minimum absolute atomic E-state index is 0.0239. The highest BCUT2D eigenvalue weighted by atomic mass is 19.1. The lowest BCUT2D eigenvalue weighted by atomic mass is 9.88. The molecule has 2 aliphatic rings. The van der Waals surface area contributed by atoms with Gasteiger partial charge in [-0.2, -0.15) is 10.2 Å². The van der Waals surface area contributed by atoms with Crippen molar-refractivity contribution in [2.24, 2.45) is 0 Å². The Balaban J connectivity index is 1.31. The summed E-state index contributed by atoms with van der Waals surface area (Å²) >= 11 is 0. The second kappa shape index (κ2) is 9.80. The van der Waals surface area contributed by atoms with Crippen molar-refractivity contribution < 1.29 is 23.8 Å². The molecular weight excluding hydrogens is 495 g/mol. The summed E-state index contributed by atoms with van der Waals surface area (Å²) in [4.78, 5) is 11.2. The second-order valence-electron chi connectivity index (χ2n) is 10.5. The molecule has 4 aromatic rings. The predicted molar refractivity (Wildman–Crippen MR) is 146 cm³/mol.